The molecule has 0 aliphatic heterocycles. The molecule has 0 heterocycles. The molecule has 0 bridgehead atoms. The summed E-state index contributed by atoms with van der Waals surface area (Å²) in [6.07, 6.45) is 60.3. The number of carbonyl (C=O) groups is 1. The van der Waals surface area contributed by atoms with Gasteiger partial charge in [0.1, 0.15) is 6.10 Å². The molecule has 0 aromatic heterocycles. The van der Waals surface area contributed by atoms with E-state index in [1.165, 1.54) is 218 Å². The Morgan fingerprint density at radius 2 is 0.690 bits per heavy atom. The molecule has 0 aliphatic rings. The second-order valence-electron chi connectivity index (χ2n) is 18.1. The van der Waals surface area contributed by atoms with Gasteiger partial charge in [-0.15, -0.1) is 0 Å². The average Bonchev–Trinajstić information content (AvgIpc) is 3.23. The molecule has 0 fully saturated rings. The minimum atomic E-state index is -1.16. The highest BCUT2D eigenvalue weighted by Crippen LogP contribution is 2.16. The highest BCUT2D eigenvalue weighted by molar-refractivity contribution is 5.76. The molecule has 5 nitrogen and oxygen atoms in total. The zero-order chi connectivity index (χ0) is 42.3. The number of hydrogen-bond acceptors (Lipinski definition) is 4. The predicted octanol–water partition coefficient (Wildman–Crippen LogP) is 15.7. The summed E-state index contributed by atoms with van der Waals surface area (Å²) in [4.78, 5) is 12.5. The standard InChI is InChI=1S/C53H103NO4/c1-3-5-7-9-11-13-15-17-19-21-23-25-26-27-28-30-32-34-36-38-40-42-44-46-48-52(57)54-50(49-55)53(58)51(56)47-45-43-41-39-37-35-33-31-29-24-22-20-18-16-14-12-10-8-6-4-2/h27-28,39,41,50-51,53,55-56,58H,3-26,29-38,40,42-49H2,1-2H3,(H,54,57)/b28-27-,41-39+. The van der Waals surface area contributed by atoms with Crippen LogP contribution < -0.4 is 5.32 Å². The van der Waals surface area contributed by atoms with Crippen molar-refractivity contribution in [3.63, 3.8) is 0 Å². The lowest BCUT2D eigenvalue weighted by Gasteiger charge is -2.26. The summed E-state index contributed by atoms with van der Waals surface area (Å²) in [5.74, 6) is -0.154. The number of rotatable bonds is 48. The third-order valence-corrected chi connectivity index (χ3v) is 12.3. The van der Waals surface area contributed by atoms with E-state index in [0.717, 1.165) is 38.5 Å². The summed E-state index contributed by atoms with van der Waals surface area (Å²) in [6.45, 7) is 4.20. The van der Waals surface area contributed by atoms with Crippen molar-refractivity contribution in [3.8, 4) is 0 Å². The van der Waals surface area contributed by atoms with E-state index in [9.17, 15) is 20.1 Å². The van der Waals surface area contributed by atoms with E-state index in [4.69, 9.17) is 0 Å². The maximum Gasteiger partial charge on any atom is 0.220 e. The average molecular weight is 818 g/mol. The lowest BCUT2D eigenvalue weighted by Crippen LogP contribution is -2.50. The van der Waals surface area contributed by atoms with E-state index in [2.05, 4.69) is 43.5 Å². The molecule has 0 rings (SSSR count). The zero-order valence-electron chi connectivity index (χ0n) is 39.2. The molecular formula is C53H103NO4. The zero-order valence-corrected chi connectivity index (χ0v) is 39.2. The molecule has 344 valence electrons. The van der Waals surface area contributed by atoms with Gasteiger partial charge in [0, 0.05) is 6.42 Å². The van der Waals surface area contributed by atoms with Crippen LogP contribution in [0, 0.1) is 0 Å². The van der Waals surface area contributed by atoms with Crippen molar-refractivity contribution in [1.29, 1.82) is 0 Å². The quantitative estimate of drug-likeness (QED) is 0.0364. The first kappa shape index (κ1) is 56.8. The lowest BCUT2D eigenvalue weighted by molar-refractivity contribution is -0.124. The van der Waals surface area contributed by atoms with Gasteiger partial charge in [-0.05, 0) is 64.2 Å². The number of aliphatic hydroxyl groups is 3. The Morgan fingerprint density at radius 3 is 1.00 bits per heavy atom. The Hall–Kier alpha value is -1.17. The Balaban J connectivity index is 3.59. The SMILES string of the molecule is CCCCCCCCCCCCCC/C=C\CCCCCCCCCCC(=O)NC(CO)C(O)C(O)CCC/C=C/CCCCCCCCCCCCCCCCC. The largest absolute Gasteiger partial charge is 0.394 e. The fourth-order valence-electron chi connectivity index (χ4n) is 8.22. The van der Waals surface area contributed by atoms with Crippen molar-refractivity contribution in [2.75, 3.05) is 6.61 Å². The van der Waals surface area contributed by atoms with E-state index in [1.54, 1.807) is 0 Å². The fourth-order valence-corrected chi connectivity index (χ4v) is 8.22. The van der Waals surface area contributed by atoms with Gasteiger partial charge in [0.15, 0.2) is 0 Å². The Bertz CT molecular complexity index is 859. The van der Waals surface area contributed by atoms with Crippen LogP contribution in [0.2, 0.25) is 0 Å². The summed E-state index contributed by atoms with van der Waals surface area (Å²) in [7, 11) is 0. The van der Waals surface area contributed by atoms with Gasteiger partial charge in [-0.3, -0.25) is 4.79 Å². The van der Waals surface area contributed by atoms with Crippen molar-refractivity contribution < 1.29 is 20.1 Å². The molecule has 0 aliphatic carbocycles. The Labute approximate surface area is 362 Å². The van der Waals surface area contributed by atoms with Crippen LogP contribution in [0.15, 0.2) is 24.3 Å². The topological polar surface area (TPSA) is 89.8 Å². The molecule has 3 atom stereocenters. The van der Waals surface area contributed by atoms with Crippen LogP contribution in [-0.2, 0) is 4.79 Å². The second-order valence-corrected chi connectivity index (χ2v) is 18.1. The summed E-state index contributed by atoms with van der Waals surface area (Å²) in [6, 6.07) is -0.827. The van der Waals surface area contributed by atoms with Crippen molar-refractivity contribution in [2.24, 2.45) is 0 Å². The van der Waals surface area contributed by atoms with Crippen LogP contribution in [-0.4, -0.2) is 46.1 Å². The van der Waals surface area contributed by atoms with Gasteiger partial charge in [-0.25, -0.2) is 0 Å². The van der Waals surface area contributed by atoms with Gasteiger partial charge in [0.05, 0.1) is 18.8 Å². The van der Waals surface area contributed by atoms with Gasteiger partial charge >= 0.3 is 0 Å². The predicted molar refractivity (Wildman–Crippen MR) is 255 cm³/mol. The molecule has 0 saturated carbocycles. The first-order chi connectivity index (χ1) is 28.6. The minimum absolute atomic E-state index is 0.154. The van der Waals surface area contributed by atoms with Gasteiger partial charge in [-0.1, -0.05) is 237 Å². The number of amides is 1. The number of unbranched alkanes of at least 4 members (excludes halogenated alkanes) is 36. The van der Waals surface area contributed by atoms with Crippen LogP contribution >= 0.6 is 0 Å². The number of hydrogen-bond donors (Lipinski definition) is 4. The summed E-state index contributed by atoms with van der Waals surface area (Å²) in [5.41, 5.74) is 0. The molecule has 0 aromatic carbocycles. The van der Waals surface area contributed by atoms with E-state index in [-0.39, 0.29) is 12.5 Å². The third kappa shape index (κ3) is 42.9. The van der Waals surface area contributed by atoms with E-state index in [0.29, 0.717) is 12.8 Å². The molecule has 0 spiro atoms. The normalized spacial score (nSPS) is 13.5. The molecule has 0 saturated heterocycles. The van der Waals surface area contributed by atoms with Crippen LogP contribution in [0.1, 0.15) is 284 Å². The van der Waals surface area contributed by atoms with Crippen LogP contribution in [0.3, 0.4) is 0 Å². The fraction of sp³-hybridized carbons (Fsp3) is 0.906. The minimum Gasteiger partial charge on any atom is -0.394 e. The number of carbonyl (C=O) groups excluding carboxylic acids is 1. The maximum atomic E-state index is 12.5. The van der Waals surface area contributed by atoms with E-state index in [1.807, 2.05) is 0 Å². The van der Waals surface area contributed by atoms with Crippen LogP contribution in [0.25, 0.3) is 0 Å². The molecule has 3 unspecified atom stereocenters. The highest BCUT2D eigenvalue weighted by Gasteiger charge is 2.26. The number of aliphatic hydroxyl groups excluding tert-OH is 3. The molecule has 58 heavy (non-hydrogen) atoms. The van der Waals surface area contributed by atoms with E-state index < -0.39 is 18.2 Å². The first-order valence-corrected chi connectivity index (χ1v) is 26.1. The third-order valence-electron chi connectivity index (χ3n) is 12.3. The number of allylic oxidation sites excluding steroid dienone is 4. The van der Waals surface area contributed by atoms with Gasteiger partial charge < -0.3 is 20.6 Å². The van der Waals surface area contributed by atoms with Gasteiger partial charge in [0.25, 0.3) is 0 Å². The first-order valence-electron chi connectivity index (χ1n) is 26.1. The molecule has 0 aromatic rings. The smallest absolute Gasteiger partial charge is 0.220 e. The van der Waals surface area contributed by atoms with Crippen molar-refractivity contribution in [2.45, 2.75) is 302 Å². The summed E-state index contributed by atoms with van der Waals surface area (Å²) in [5, 5.41) is 33.7. The van der Waals surface area contributed by atoms with Crippen molar-refractivity contribution in [1.82, 2.24) is 5.32 Å². The molecule has 0 radical (unpaired) electrons. The van der Waals surface area contributed by atoms with Crippen molar-refractivity contribution in [3.05, 3.63) is 24.3 Å². The maximum absolute atomic E-state index is 12.5. The van der Waals surface area contributed by atoms with Gasteiger partial charge in [0.2, 0.25) is 5.91 Å². The van der Waals surface area contributed by atoms with E-state index >= 15 is 0 Å². The molecular weight excluding hydrogens is 715 g/mol. The summed E-state index contributed by atoms with van der Waals surface area (Å²) >= 11 is 0. The highest BCUT2D eigenvalue weighted by atomic mass is 16.3. The molecule has 5 heteroatoms. The lowest BCUT2D eigenvalue weighted by atomic mass is 10.0. The van der Waals surface area contributed by atoms with Crippen LogP contribution in [0.4, 0.5) is 0 Å². The van der Waals surface area contributed by atoms with Crippen LogP contribution in [0.5, 0.6) is 0 Å². The number of nitrogens with one attached hydrogen (secondary N) is 1. The molecule has 4 N–H and O–H groups in total. The molecule has 1 amide bonds. The monoisotopic (exact) mass is 818 g/mol. The van der Waals surface area contributed by atoms with Crippen molar-refractivity contribution >= 4 is 5.91 Å². The summed E-state index contributed by atoms with van der Waals surface area (Å²) < 4.78 is 0. The van der Waals surface area contributed by atoms with Gasteiger partial charge in [-0.2, -0.15) is 0 Å². The Kier molecular flexibility index (Phi) is 47.5. The Morgan fingerprint density at radius 1 is 0.414 bits per heavy atom. The second kappa shape index (κ2) is 48.5.